The van der Waals surface area contributed by atoms with Crippen molar-refractivity contribution in [3.63, 3.8) is 0 Å². The minimum atomic E-state index is -0.208. The molecule has 0 bridgehead atoms. The molecule has 0 aliphatic carbocycles. The fraction of sp³-hybridized carbons (Fsp3) is 0. The molecule has 0 aliphatic rings. The van der Waals surface area contributed by atoms with Crippen LogP contribution in [-0.2, 0) is 0 Å². The molecule has 88 valence electrons. The van der Waals surface area contributed by atoms with Crippen LogP contribution in [0.2, 0.25) is 5.02 Å². The summed E-state index contributed by atoms with van der Waals surface area (Å²) < 4.78 is 1.28. The second-order valence-corrected chi connectivity index (χ2v) is 4.24. The van der Waals surface area contributed by atoms with Crippen LogP contribution in [0.3, 0.4) is 0 Å². The summed E-state index contributed by atoms with van der Waals surface area (Å²) in [6.07, 6.45) is 0. The molecule has 0 fully saturated rings. The third-order valence-corrected chi connectivity index (χ3v) is 2.86. The monoisotopic (exact) mass is 257 g/mol. The van der Waals surface area contributed by atoms with Crippen LogP contribution in [0.15, 0.2) is 48.5 Å². The molecule has 0 amide bonds. The maximum absolute atomic E-state index is 12.2. The highest BCUT2D eigenvalue weighted by atomic mass is 35.5. The number of rotatable bonds is 1. The van der Waals surface area contributed by atoms with Crippen molar-refractivity contribution in [1.29, 1.82) is 0 Å². The van der Waals surface area contributed by atoms with E-state index in [1.54, 1.807) is 30.3 Å². The van der Waals surface area contributed by atoms with Crippen molar-refractivity contribution in [1.82, 2.24) is 15.0 Å². The number of halogens is 1. The van der Waals surface area contributed by atoms with E-state index in [-0.39, 0.29) is 5.91 Å². The van der Waals surface area contributed by atoms with Crippen molar-refractivity contribution in [3.05, 3.63) is 59.1 Å². The van der Waals surface area contributed by atoms with Crippen molar-refractivity contribution in [3.8, 4) is 0 Å². The first-order valence-electron chi connectivity index (χ1n) is 5.36. The Balaban J connectivity index is 2.13. The van der Waals surface area contributed by atoms with Gasteiger partial charge in [-0.15, -0.1) is 5.10 Å². The summed E-state index contributed by atoms with van der Waals surface area (Å²) in [5, 5.41) is 8.38. The summed E-state index contributed by atoms with van der Waals surface area (Å²) >= 11 is 5.86. The molecule has 0 aliphatic heterocycles. The molecule has 0 saturated carbocycles. The Morgan fingerprint density at radius 3 is 2.67 bits per heavy atom. The molecule has 0 spiro atoms. The number of carbonyl (C=O) groups is 1. The van der Waals surface area contributed by atoms with Gasteiger partial charge in [0, 0.05) is 10.6 Å². The van der Waals surface area contributed by atoms with Crippen LogP contribution in [0, 0.1) is 0 Å². The largest absolute Gasteiger partial charge is 0.280 e. The molecule has 2 aromatic carbocycles. The molecular formula is C13H8ClN3O. The molecule has 3 aromatic rings. The van der Waals surface area contributed by atoms with Crippen molar-refractivity contribution in [2.75, 3.05) is 0 Å². The highest BCUT2D eigenvalue weighted by molar-refractivity contribution is 6.31. The summed E-state index contributed by atoms with van der Waals surface area (Å²) in [7, 11) is 0. The normalized spacial score (nSPS) is 10.7. The van der Waals surface area contributed by atoms with Crippen LogP contribution in [0.5, 0.6) is 0 Å². The molecule has 4 nitrogen and oxygen atoms in total. The Labute approximate surface area is 108 Å². The molecule has 1 heterocycles. The molecular weight excluding hydrogens is 250 g/mol. The summed E-state index contributed by atoms with van der Waals surface area (Å²) in [6.45, 7) is 0. The van der Waals surface area contributed by atoms with Crippen molar-refractivity contribution in [2.45, 2.75) is 0 Å². The highest BCUT2D eigenvalue weighted by Gasteiger charge is 2.13. The second kappa shape index (κ2) is 4.23. The summed E-state index contributed by atoms with van der Waals surface area (Å²) in [5.74, 6) is -0.208. The van der Waals surface area contributed by atoms with Crippen molar-refractivity contribution >= 4 is 28.5 Å². The van der Waals surface area contributed by atoms with Crippen LogP contribution < -0.4 is 0 Å². The number of hydrogen-bond donors (Lipinski definition) is 0. The zero-order chi connectivity index (χ0) is 12.5. The van der Waals surface area contributed by atoms with E-state index in [0.717, 1.165) is 0 Å². The predicted octanol–water partition coefficient (Wildman–Crippen LogP) is 2.77. The van der Waals surface area contributed by atoms with Crippen molar-refractivity contribution in [2.24, 2.45) is 0 Å². The van der Waals surface area contributed by atoms with E-state index in [0.29, 0.717) is 21.6 Å². The van der Waals surface area contributed by atoms with Gasteiger partial charge in [-0.05, 0) is 30.3 Å². The lowest BCUT2D eigenvalue weighted by Gasteiger charge is -2.00. The Bertz CT molecular complexity index is 721. The third-order valence-electron chi connectivity index (χ3n) is 2.62. The Kier molecular flexibility index (Phi) is 2.57. The SMILES string of the molecule is O=C(c1ccccc1)n1nnc2cc(Cl)ccc21. The summed E-state index contributed by atoms with van der Waals surface area (Å²) in [4.78, 5) is 12.2. The Morgan fingerprint density at radius 2 is 1.89 bits per heavy atom. The van der Waals surface area contributed by atoms with E-state index < -0.39 is 0 Å². The maximum Gasteiger partial charge on any atom is 0.280 e. The van der Waals surface area contributed by atoms with Gasteiger partial charge in [0.25, 0.3) is 5.91 Å². The average molecular weight is 258 g/mol. The van der Waals surface area contributed by atoms with Gasteiger partial charge in [0.05, 0.1) is 5.52 Å². The number of fused-ring (bicyclic) bond motifs is 1. The van der Waals surface area contributed by atoms with Crippen LogP contribution in [0.25, 0.3) is 11.0 Å². The van der Waals surface area contributed by atoms with Gasteiger partial charge in [-0.1, -0.05) is 35.0 Å². The lowest BCUT2D eigenvalue weighted by atomic mass is 10.2. The molecule has 0 N–H and O–H groups in total. The molecule has 0 atom stereocenters. The molecule has 0 radical (unpaired) electrons. The van der Waals surface area contributed by atoms with E-state index in [9.17, 15) is 4.79 Å². The number of hydrogen-bond acceptors (Lipinski definition) is 3. The Hall–Kier alpha value is -2.20. The minimum absolute atomic E-state index is 0.208. The van der Waals surface area contributed by atoms with Gasteiger partial charge in [0.1, 0.15) is 5.52 Å². The first-order chi connectivity index (χ1) is 8.75. The van der Waals surface area contributed by atoms with Crippen LogP contribution in [0.4, 0.5) is 0 Å². The Morgan fingerprint density at radius 1 is 1.11 bits per heavy atom. The van der Waals surface area contributed by atoms with Gasteiger partial charge in [-0.2, -0.15) is 4.68 Å². The van der Waals surface area contributed by atoms with Gasteiger partial charge in [-0.25, -0.2) is 0 Å². The quantitative estimate of drug-likeness (QED) is 0.673. The predicted molar refractivity (Wildman–Crippen MR) is 68.7 cm³/mol. The smallest absolute Gasteiger partial charge is 0.267 e. The first-order valence-corrected chi connectivity index (χ1v) is 5.74. The lowest BCUT2D eigenvalue weighted by molar-refractivity contribution is 0.0948. The topological polar surface area (TPSA) is 47.8 Å². The van der Waals surface area contributed by atoms with Crippen LogP contribution in [0.1, 0.15) is 10.4 Å². The van der Waals surface area contributed by atoms with E-state index >= 15 is 0 Å². The summed E-state index contributed by atoms with van der Waals surface area (Å²) in [6, 6.07) is 14.1. The lowest BCUT2D eigenvalue weighted by Crippen LogP contribution is -2.13. The molecule has 3 rings (SSSR count). The number of aromatic nitrogens is 3. The molecule has 1 aromatic heterocycles. The van der Waals surface area contributed by atoms with E-state index in [2.05, 4.69) is 10.3 Å². The zero-order valence-corrected chi connectivity index (χ0v) is 10.0. The van der Waals surface area contributed by atoms with Gasteiger partial charge in [0.2, 0.25) is 0 Å². The standard InChI is InChI=1S/C13H8ClN3O/c14-10-6-7-12-11(8-10)15-16-17(12)13(18)9-4-2-1-3-5-9/h1-8H. The molecule has 0 saturated heterocycles. The molecule has 18 heavy (non-hydrogen) atoms. The van der Waals surface area contributed by atoms with Gasteiger partial charge < -0.3 is 0 Å². The summed E-state index contributed by atoms with van der Waals surface area (Å²) in [5.41, 5.74) is 1.82. The van der Waals surface area contributed by atoms with E-state index in [1.807, 2.05) is 18.2 Å². The zero-order valence-electron chi connectivity index (χ0n) is 9.25. The first kappa shape index (κ1) is 10.9. The molecule has 5 heteroatoms. The van der Waals surface area contributed by atoms with Gasteiger partial charge in [-0.3, -0.25) is 4.79 Å². The van der Waals surface area contributed by atoms with Gasteiger partial charge in [0.15, 0.2) is 0 Å². The molecule has 0 unspecified atom stereocenters. The van der Waals surface area contributed by atoms with E-state index in [4.69, 9.17) is 11.6 Å². The second-order valence-electron chi connectivity index (χ2n) is 3.81. The van der Waals surface area contributed by atoms with E-state index in [1.165, 1.54) is 4.68 Å². The number of benzene rings is 2. The van der Waals surface area contributed by atoms with Crippen LogP contribution in [-0.4, -0.2) is 20.9 Å². The highest BCUT2D eigenvalue weighted by Crippen LogP contribution is 2.17. The number of carbonyl (C=O) groups excluding carboxylic acids is 1. The van der Waals surface area contributed by atoms with Crippen molar-refractivity contribution < 1.29 is 4.79 Å². The minimum Gasteiger partial charge on any atom is -0.267 e. The maximum atomic E-state index is 12.2. The average Bonchev–Trinajstić information content (AvgIpc) is 2.81. The van der Waals surface area contributed by atoms with Gasteiger partial charge >= 0.3 is 0 Å². The van der Waals surface area contributed by atoms with Crippen LogP contribution >= 0.6 is 11.6 Å². The number of nitrogens with zero attached hydrogens (tertiary/aromatic N) is 3. The fourth-order valence-electron chi connectivity index (χ4n) is 1.75. The fourth-order valence-corrected chi connectivity index (χ4v) is 1.92. The third kappa shape index (κ3) is 1.76.